The number of rotatable bonds is 2. The molecule has 0 aliphatic carbocycles. The van der Waals surface area contributed by atoms with Gasteiger partial charge in [-0.2, -0.15) is 0 Å². The highest BCUT2D eigenvalue weighted by molar-refractivity contribution is 6.29. The van der Waals surface area contributed by atoms with Crippen molar-refractivity contribution >= 4 is 39.7 Å². The summed E-state index contributed by atoms with van der Waals surface area (Å²) < 4.78 is 0. The molecule has 0 aliphatic rings. The molecule has 0 atom stereocenters. The third-order valence-corrected chi connectivity index (χ3v) is 3.35. The third-order valence-electron chi connectivity index (χ3n) is 3.15. The number of hydrogen-bond donors (Lipinski definition) is 2. The Morgan fingerprint density at radius 2 is 1.81 bits per heavy atom. The monoisotopic (exact) mass is 297 g/mol. The molecule has 3 rings (SSSR count). The second-order valence-electron chi connectivity index (χ2n) is 4.61. The van der Waals surface area contributed by atoms with E-state index in [1.807, 2.05) is 24.3 Å². The van der Waals surface area contributed by atoms with Crippen LogP contribution in [0.25, 0.3) is 10.8 Å². The number of benzene rings is 2. The summed E-state index contributed by atoms with van der Waals surface area (Å²) in [5.74, 6) is -0.277. The van der Waals surface area contributed by atoms with Crippen molar-refractivity contribution in [2.75, 3.05) is 11.1 Å². The average molecular weight is 298 g/mol. The zero-order valence-corrected chi connectivity index (χ0v) is 11.8. The molecule has 0 spiro atoms. The Hall–Kier alpha value is -2.59. The van der Waals surface area contributed by atoms with Crippen LogP contribution in [0.2, 0.25) is 5.15 Å². The summed E-state index contributed by atoms with van der Waals surface area (Å²) in [7, 11) is 0. The van der Waals surface area contributed by atoms with Crippen LogP contribution >= 0.6 is 11.6 Å². The lowest BCUT2D eigenvalue weighted by Crippen LogP contribution is -2.14. The van der Waals surface area contributed by atoms with Gasteiger partial charge in [-0.25, -0.2) is 4.98 Å². The number of anilines is 2. The van der Waals surface area contributed by atoms with E-state index in [1.165, 1.54) is 6.20 Å². The Labute approximate surface area is 126 Å². The SMILES string of the molecule is Nc1cc2ccccc2cc1C(=O)Nc1ccnc(Cl)c1. The van der Waals surface area contributed by atoms with Crippen LogP contribution in [-0.4, -0.2) is 10.9 Å². The molecule has 3 N–H and O–H groups in total. The van der Waals surface area contributed by atoms with Crippen LogP contribution < -0.4 is 11.1 Å². The summed E-state index contributed by atoms with van der Waals surface area (Å²) in [4.78, 5) is 16.2. The van der Waals surface area contributed by atoms with Gasteiger partial charge in [-0.1, -0.05) is 35.9 Å². The van der Waals surface area contributed by atoms with E-state index in [2.05, 4.69) is 10.3 Å². The third kappa shape index (κ3) is 2.80. The Bertz CT molecular complexity index is 833. The maximum Gasteiger partial charge on any atom is 0.257 e. The number of nitrogens with zero attached hydrogens (tertiary/aromatic N) is 1. The number of pyridine rings is 1. The van der Waals surface area contributed by atoms with E-state index in [1.54, 1.807) is 24.3 Å². The zero-order valence-electron chi connectivity index (χ0n) is 11.0. The van der Waals surface area contributed by atoms with E-state index < -0.39 is 0 Å². The number of nitrogen functional groups attached to an aromatic ring is 1. The van der Waals surface area contributed by atoms with Crippen LogP contribution in [0, 0.1) is 0 Å². The standard InChI is InChI=1S/C16H12ClN3O/c17-15-9-12(5-6-19-15)20-16(21)13-7-10-3-1-2-4-11(10)8-14(13)18/h1-9H,18H2,(H,19,20,21). The van der Waals surface area contributed by atoms with E-state index in [4.69, 9.17) is 17.3 Å². The largest absolute Gasteiger partial charge is 0.398 e. The normalized spacial score (nSPS) is 10.5. The van der Waals surface area contributed by atoms with E-state index in [0.717, 1.165) is 10.8 Å². The first kappa shape index (κ1) is 13.4. The van der Waals surface area contributed by atoms with Gasteiger partial charge in [0.25, 0.3) is 5.91 Å². The van der Waals surface area contributed by atoms with Crippen molar-refractivity contribution in [3.63, 3.8) is 0 Å². The molecule has 0 unspecified atom stereocenters. The summed E-state index contributed by atoms with van der Waals surface area (Å²) in [6.07, 6.45) is 1.53. The first-order valence-corrected chi connectivity index (χ1v) is 6.72. The molecule has 0 saturated carbocycles. The molecule has 104 valence electrons. The Morgan fingerprint density at radius 1 is 1.10 bits per heavy atom. The first-order chi connectivity index (χ1) is 10.1. The molecule has 4 nitrogen and oxygen atoms in total. The number of hydrogen-bond acceptors (Lipinski definition) is 3. The maximum atomic E-state index is 12.3. The van der Waals surface area contributed by atoms with Crippen LogP contribution in [0.15, 0.2) is 54.7 Å². The maximum absolute atomic E-state index is 12.3. The van der Waals surface area contributed by atoms with Crippen molar-refractivity contribution < 1.29 is 4.79 Å². The molecule has 5 heteroatoms. The fraction of sp³-hybridized carbons (Fsp3) is 0. The minimum atomic E-state index is -0.277. The fourth-order valence-corrected chi connectivity index (χ4v) is 2.31. The van der Waals surface area contributed by atoms with E-state index >= 15 is 0 Å². The van der Waals surface area contributed by atoms with Gasteiger partial charge < -0.3 is 11.1 Å². The molecule has 3 aromatic rings. The van der Waals surface area contributed by atoms with Gasteiger partial charge in [0.05, 0.1) is 5.56 Å². The molecule has 0 radical (unpaired) electrons. The van der Waals surface area contributed by atoms with Crippen LogP contribution in [0.4, 0.5) is 11.4 Å². The fourth-order valence-electron chi connectivity index (χ4n) is 2.13. The van der Waals surface area contributed by atoms with Crippen molar-refractivity contribution in [1.29, 1.82) is 0 Å². The van der Waals surface area contributed by atoms with Gasteiger partial charge >= 0.3 is 0 Å². The Balaban J connectivity index is 1.96. The van der Waals surface area contributed by atoms with Crippen LogP contribution in [-0.2, 0) is 0 Å². The lowest BCUT2D eigenvalue weighted by atomic mass is 10.0. The summed E-state index contributed by atoms with van der Waals surface area (Å²) >= 11 is 5.80. The molecule has 1 aromatic heterocycles. The molecular formula is C16H12ClN3O. The second kappa shape index (κ2) is 5.42. The van der Waals surface area contributed by atoms with Crippen molar-refractivity contribution in [2.24, 2.45) is 0 Å². The van der Waals surface area contributed by atoms with Crippen molar-refractivity contribution in [3.05, 3.63) is 65.4 Å². The van der Waals surface area contributed by atoms with Gasteiger partial charge in [0.15, 0.2) is 0 Å². The highest BCUT2D eigenvalue weighted by atomic mass is 35.5. The van der Waals surface area contributed by atoms with E-state index in [0.29, 0.717) is 22.1 Å². The summed E-state index contributed by atoms with van der Waals surface area (Å²) in [5, 5.41) is 5.04. The molecule has 21 heavy (non-hydrogen) atoms. The number of nitrogens with one attached hydrogen (secondary N) is 1. The van der Waals surface area contributed by atoms with E-state index in [9.17, 15) is 4.79 Å². The van der Waals surface area contributed by atoms with Crippen molar-refractivity contribution in [1.82, 2.24) is 4.98 Å². The van der Waals surface area contributed by atoms with Crippen molar-refractivity contribution in [3.8, 4) is 0 Å². The lowest BCUT2D eigenvalue weighted by molar-refractivity contribution is 0.102. The van der Waals surface area contributed by atoms with Gasteiger partial charge in [0.1, 0.15) is 5.15 Å². The molecule has 2 aromatic carbocycles. The molecule has 1 amide bonds. The topological polar surface area (TPSA) is 68.0 Å². The number of carbonyl (C=O) groups excluding carboxylic acids is 1. The van der Waals surface area contributed by atoms with Gasteiger partial charge in [0, 0.05) is 17.6 Å². The van der Waals surface area contributed by atoms with Crippen LogP contribution in [0.3, 0.4) is 0 Å². The Morgan fingerprint density at radius 3 is 2.52 bits per heavy atom. The molecule has 0 saturated heterocycles. The van der Waals surface area contributed by atoms with Crippen LogP contribution in [0.1, 0.15) is 10.4 Å². The lowest BCUT2D eigenvalue weighted by Gasteiger charge is -2.09. The van der Waals surface area contributed by atoms with Gasteiger partial charge in [-0.15, -0.1) is 0 Å². The summed E-state index contributed by atoms with van der Waals surface area (Å²) in [5.41, 5.74) is 7.42. The minimum absolute atomic E-state index is 0.277. The molecular weight excluding hydrogens is 286 g/mol. The van der Waals surface area contributed by atoms with Crippen molar-refractivity contribution in [2.45, 2.75) is 0 Å². The van der Waals surface area contributed by atoms with Gasteiger partial charge in [-0.3, -0.25) is 4.79 Å². The summed E-state index contributed by atoms with van der Waals surface area (Å²) in [6, 6.07) is 14.6. The number of halogens is 1. The molecule has 1 heterocycles. The predicted molar refractivity (Wildman–Crippen MR) is 85.6 cm³/mol. The Kier molecular flexibility index (Phi) is 3.46. The number of fused-ring (bicyclic) bond motifs is 1. The number of carbonyl (C=O) groups is 1. The minimum Gasteiger partial charge on any atom is -0.398 e. The highest BCUT2D eigenvalue weighted by Crippen LogP contribution is 2.23. The molecule has 0 fully saturated rings. The second-order valence-corrected chi connectivity index (χ2v) is 5.00. The zero-order chi connectivity index (χ0) is 14.8. The molecule has 0 aliphatic heterocycles. The summed E-state index contributed by atoms with van der Waals surface area (Å²) in [6.45, 7) is 0. The van der Waals surface area contributed by atoms with Crippen LogP contribution in [0.5, 0.6) is 0 Å². The quantitative estimate of drug-likeness (QED) is 0.559. The number of aromatic nitrogens is 1. The molecule has 0 bridgehead atoms. The van der Waals surface area contributed by atoms with Gasteiger partial charge in [0.2, 0.25) is 0 Å². The average Bonchev–Trinajstić information content (AvgIpc) is 2.46. The smallest absolute Gasteiger partial charge is 0.257 e. The highest BCUT2D eigenvalue weighted by Gasteiger charge is 2.11. The van der Waals surface area contributed by atoms with Gasteiger partial charge in [-0.05, 0) is 35.0 Å². The number of nitrogens with two attached hydrogens (primary N) is 1. The number of amides is 1. The predicted octanol–water partition coefficient (Wildman–Crippen LogP) is 3.72. The van der Waals surface area contributed by atoms with E-state index in [-0.39, 0.29) is 5.91 Å². The first-order valence-electron chi connectivity index (χ1n) is 6.34.